The first-order valence-corrected chi connectivity index (χ1v) is 18.6. The van der Waals surface area contributed by atoms with Crippen molar-refractivity contribution in [1.29, 1.82) is 0 Å². The fraction of sp³-hybridized carbons (Fsp3) is 0.174. The van der Waals surface area contributed by atoms with Gasteiger partial charge in [0.2, 0.25) is 0 Å². The topological polar surface area (TPSA) is 0 Å². The summed E-state index contributed by atoms with van der Waals surface area (Å²) in [6.45, 7) is 13.3. The van der Waals surface area contributed by atoms with Gasteiger partial charge in [-0.1, -0.05) is 136 Å². The van der Waals surface area contributed by atoms with E-state index in [1.165, 1.54) is 85.6 Å². The predicted octanol–water partition coefficient (Wildman–Crippen LogP) is 8.78. The van der Waals surface area contributed by atoms with Gasteiger partial charge in [0.1, 0.15) is 0 Å². The Kier molecular flexibility index (Phi) is 14.1. The minimum Gasteiger partial charge on any atom is -1.00 e. The third kappa shape index (κ3) is 8.96. The monoisotopic (exact) mass is 818 g/mol. The molecule has 0 aliphatic heterocycles. The molecule has 8 aromatic rings. The summed E-state index contributed by atoms with van der Waals surface area (Å²) >= 11 is 3.73. The van der Waals surface area contributed by atoms with Crippen LogP contribution in [0.2, 0.25) is 0 Å². The second kappa shape index (κ2) is 17.7. The molecule has 6 aromatic carbocycles. The van der Waals surface area contributed by atoms with Crippen LogP contribution in [0.3, 0.4) is 0 Å². The average Bonchev–Trinajstić information content (AvgIpc) is 3.91. The molecule has 8 rings (SSSR count). The van der Waals surface area contributed by atoms with Crippen molar-refractivity contribution in [2.75, 3.05) is 0 Å². The summed E-state index contributed by atoms with van der Waals surface area (Å²) in [6.07, 6.45) is 0. The molecule has 0 unspecified atom stereocenters. The van der Waals surface area contributed by atoms with Gasteiger partial charge in [0.05, 0.1) is 0 Å². The fourth-order valence-electron chi connectivity index (χ4n) is 6.53. The van der Waals surface area contributed by atoms with Gasteiger partial charge in [-0.15, -0.1) is 69.1 Å². The molecule has 51 heavy (non-hydrogen) atoms. The molecule has 0 N–H and O–H groups in total. The molecule has 0 amide bonds. The Bertz CT molecular complexity index is 2150. The molecule has 0 saturated heterocycles. The van der Waals surface area contributed by atoms with Crippen LogP contribution in [0.4, 0.5) is 0 Å². The largest absolute Gasteiger partial charge is 4.00 e. The number of thiophene rings is 2. The first kappa shape index (κ1) is 40.7. The molecule has 0 nitrogen and oxygen atoms in total. The zero-order chi connectivity index (χ0) is 33.4. The molecule has 0 aliphatic rings. The van der Waals surface area contributed by atoms with E-state index in [1.807, 2.05) is 22.7 Å². The normalized spacial score (nSPS) is 10.8. The maximum atomic E-state index is 2.34. The van der Waals surface area contributed by atoms with Gasteiger partial charge in [-0.3, -0.25) is 0 Å². The smallest absolute Gasteiger partial charge is 1.00 e. The maximum Gasteiger partial charge on any atom is 4.00 e. The summed E-state index contributed by atoms with van der Waals surface area (Å²) in [5, 5.41) is 5.33. The third-order valence-electron chi connectivity index (χ3n) is 9.33. The zero-order valence-electron chi connectivity index (χ0n) is 29.9. The van der Waals surface area contributed by atoms with E-state index in [0.717, 1.165) is 0 Å². The molecule has 0 bridgehead atoms. The minimum atomic E-state index is 0. The third-order valence-corrected chi connectivity index (χ3v) is 11.4. The zero-order valence-corrected chi connectivity index (χ0v) is 35.5. The van der Waals surface area contributed by atoms with Gasteiger partial charge in [0, 0.05) is 0 Å². The summed E-state index contributed by atoms with van der Waals surface area (Å²) in [7, 11) is 0. The van der Waals surface area contributed by atoms with Crippen molar-refractivity contribution in [3.8, 4) is 43.1 Å². The molecule has 0 atom stereocenters. The summed E-state index contributed by atoms with van der Waals surface area (Å²) < 4.78 is 0. The first-order chi connectivity index (χ1) is 23.2. The van der Waals surface area contributed by atoms with Gasteiger partial charge in [-0.25, -0.2) is 0 Å². The van der Waals surface area contributed by atoms with Crippen molar-refractivity contribution in [2.24, 2.45) is 0 Å². The Morgan fingerprint density at radius 2 is 0.843 bits per heavy atom. The van der Waals surface area contributed by atoms with Gasteiger partial charge in [-0.05, 0) is 67.4 Å². The molecule has 256 valence electrons. The molecule has 0 saturated carbocycles. The number of aryl methyl sites for hydroxylation is 2. The van der Waals surface area contributed by atoms with E-state index in [0.29, 0.717) is 11.8 Å². The van der Waals surface area contributed by atoms with E-state index in [1.54, 1.807) is 0 Å². The quantitative estimate of drug-likeness (QED) is 0.147. The molecule has 0 aliphatic carbocycles. The van der Waals surface area contributed by atoms with Crippen LogP contribution in [-0.4, -0.2) is 0 Å². The van der Waals surface area contributed by atoms with Crippen LogP contribution in [0.5, 0.6) is 0 Å². The van der Waals surface area contributed by atoms with Gasteiger partial charge < -0.3 is 24.8 Å². The number of halogens is 2. The molecule has 0 spiro atoms. The molecule has 2 heterocycles. The number of hydrogen-bond acceptors (Lipinski definition) is 2. The van der Waals surface area contributed by atoms with E-state index in [4.69, 9.17) is 0 Å². The molecule has 0 radical (unpaired) electrons. The van der Waals surface area contributed by atoms with E-state index in [9.17, 15) is 0 Å². The Morgan fingerprint density at radius 1 is 0.471 bits per heavy atom. The van der Waals surface area contributed by atoms with E-state index in [2.05, 4.69) is 175 Å². The van der Waals surface area contributed by atoms with Gasteiger partial charge in [0.25, 0.3) is 0 Å². The predicted molar refractivity (Wildman–Crippen MR) is 214 cm³/mol. The van der Waals surface area contributed by atoms with Crippen molar-refractivity contribution in [1.82, 2.24) is 0 Å². The van der Waals surface area contributed by atoms with E-state index < -0.39 is 0 Å². The van der Waals surface area contributed by atoms with Crippen LogP contribution >= 0.6 is 22.7 Å². The van der Waals surface area contributed by atoms with Crippen LogP contribution in [-0.2, 0) is 26.2 Å². The van der Waals surface area contributed by atoms with Crippen LogP contribution in [0.15, 0.2) is 133 Å². The van der Waals surface area contributed by atoms with Crippen molar-refractivity contribution >= 4 is 44.2 Å². The molecular weight excluding hydrogens is 779 g/mol. The average molecular weight is 821 g/mol. The second-order valence-electron chi connectivity index (χ2n) is 13.5. The number of hydrogen-bond donors (Lipinski definition) is 0. The standard InChI is InChI=1S/2C23H21S.2ClH.Zr/c2*1-15(2)17-8-10-18(11-9-17)21-6-4-5-19-13-20(14-22(19)21)23-12-7-16(3)24-23;;;/h2*4-15H,1-3H3;2*1H;/q2*-1;;;+4/p-2. The van der Waals surface area contributed by atoms with E-state index >= 15 is 0 Å². The van der Waals surface area contributed by atoms with Crippen molar-refractivity contribution in [2.45, 2.75) is 53.4 Å². The fourth-order valence-corrected chi connectivity index (χ4v) is 8.24. The molecule has 2 aromatic heterocycles. The summed E-state index contributed by atoms with van der Waals surface area (Å²) in [5.41, 5.74) is 10.7. The van der Waals surface area contributed by atoms with Gasteiger partial charge in [-0.2, -0.15) is 22.7 Å². The SMILES string of the molecule is Cc1ccc(-c2cc3c(-c4ccc(C(C)C)cc4)cccc3[cH-]2)s1.Cc1ccc(-c2cc3c(-c4ccc(C(C)C)cc4)cccc3[cH-]2)s1.[Cl-].[Cl-].[Zr+4]. The van der Waals surface area contributed by atoms with Gasteiger partial charge in [0.15, 0.2) is 0 Å². The van der Waals surface area contributed by atoms with Crippen LogP contribution in [0, 0.1) is 13.8 Å². The Morgan fingerprint density at radius 3 is 1.16 bits per heavy atom. The summed E-state index contributed by atoms with van der Waals surface area (Å²) in [6, 6.07) is 49.4. The second-order valence-corrected chi connectivity index (χ2v) is 16.1. The van der Waals surface area contributed by atoms with Gasteiger partial charge >= 0.3 is 26.2 Å². The first-order valence-electron chi connectivity index (χ1n) is 17.0. The Labute approximate surface area is 343 Å². The summed E-state index contributed by atoms with van der Waals surface area (Å²) in [5.74, 6) is 1.14. The van der Waals surface area contributed by atoms with Crippen molar-refractivity contribution in [3.63, 3.8) is 0 Å². The molecule has 5 heteroatoms. The minimum absolute atomic E-state index is 0. The van der Waals surface area contributed by atoms with Crippen LogP contribution in [0.25, 0.3) is 64.7 Å². The number of fused-ring (bicyclic) bond motifs is 2. The van der Waals surface area contributed by atoms with Crippen LogP contribution < -0.4 is 24.8 Å². The van der Waals surface area contributed by atoms with Crippen molar-refractivity contribution in [3.05, 3.63) is 154 Å². The molecular formula is C46H42Cl2S2Zr. The Hall–Kier alpha value is -3.04. The number of benzene rings is 4. The maximum absolute atomic E-state index is 2.34. The van der Waals surface area contributed by atoms with E-state index in [-0.39, 0.29) is 51.0 Å². The Balaban J connectivity index is 0.000000216. The van der Waals surface area contributed by atoms with Crippen molar-refractivity contribution < 1.29 is 51.0 Å². The number of rotatable bonds is 6. The molecule has 0 fully saturated rings. The summed E-state index contributed by atoms with van der Waals surface area (Å²) in [4.78, 5) is 5.43. The van der Waals surface area contributed by atoms with Crippen LogP contribution in [0.1, 0.15) is 60.4 Å².